The molecular weight excluding hydrogens is 540 g/mol. The van der Waals surface area contributed by atoms with Crippen molar-refractivity contribution in [3.05, 3.63) is 58.6 Å². The van der Waals surface area contributed by atoms with E-state index in [1.54, 1.807) is 19.1 Å². The van der Waals surface area contributed by atoms with Gasteiger partial charge in [-0.1, -0.05) is 28.1 Å². The smallest absolute Gasteiger partial charge is 0.310 e. The number of nitrogens with one attached hydrogen (secondary N) is 2. The molecule has 0 aliphatic carbocycles. The molecular formula is C20H23BrN2O8S2. The molecule has 0 aromatic heterocycles. The normalized spacial score (nSPS) is 12.7. The van der Waals surface area contributed by atoms with Crippen molar-refractivity contribution in [3.8, 4) is 0 Å². The third-order valence-electron chi connectivity index (χ3n) is 4.06. The molecule has 0 saturated carbocycles. The monoisotopic (exact) mass is 562 g/mol. The van der Waals surface area contributed by atoms with Crippen LogP contribution in [0.25, 0.3) is 0 Å². The minimum absolute atomic E-state index is 0.0554. The van der Waals surface area contributed by atoms with Crippen molar-refractivity contribution >= 4 is 53.6 Å². The summed E-state index contributed by atoms with van der Waals surface area (Å²) in [4.78, 5) is 24.2. The first kappa shape index (κ1) is 26.9. The third kappa shape index (κ3) is 9.21. The van der Waals surface area contributed by atoms with Gasteiger partial charge in [0.2, 0.25) is 15.9 Å². The van der Waals surface area contributed by atoms with Crippen LogP contribution in [0.15, 0.2) is 57.9 Å². The van der Waals surface area contributed by atoms with Gasteiger partial charge in [0.15, 0.2) is 0 Å². The minimum atomic E-state index is -4.16. The molecule has 0 aliphatic rings. The van der Waals surface area contributed by atoms with E-state index >= 15 is 0 Å². The van der Waals surface area contributed by atoms with Crippen LogP contribution in [0.3, 0.4) is 0 Å². The Labute approximate surface area is 201 Å². The summed E-state index contributed by atoms with van der Waals surface area (Å²) in [7, 11) is -8.10. The number of anilines is 1. The second-order valence-corrected chi connectivity index (χ2v) is 11.1. The average Bonchev–Trinajstić information content (AvgIpc) is 2.72. The standard InChI is InChI=1S/C20H23BrN2O8S2/c1-3-30-19(24)12-14-4-8-16(9-5-14)22-20(25)18(13-31-32(2,26)27)23-33(28,29)17-10-6-15(21)7-11-17/h4-11,18,23H,3,12-13H2,1-2H3,(H,22,25). The quantitative estimate of drug-likeness (QED) is 0.311. The summed E-state index contributed by atoms with van der Waals surface area (Å²) in [5.74, 6) is -1.23. The van der Waals surface area contributed by atoms with Crippen molar-refractivity contribution < 1.29 is 35.3 Å². The van der Waals surface area contributed by atoms with Crippen LogP contribution >= 0.6 is 15.9 Å². The van der Waals surface area contributed by atoms with E-state index in [-0.39, 0.29) is 17.9 Å². The fraction of sp³-hybridized carbons (Fsp3) is 0.300. The lowest BCUT2D eigenvalue weighted by Gasteiger charge is -2.18. The van der Waals surface area contributed by atoms with Gasteiger partial charge in [-0.25, -0.2) is 8.42 Å². The number of hydrogen-bond acceptors (Lipinski definition) is 8. The highest BCUT2D eigenvalue weighted by Crippen LogP contribution is 2.16. The van der Waals surface area contributed by atoms with Crippen LogP contribution in [-0.4, -0.2) is 54.2 Å². The van der Waals surface area contributed by atoms with E-state index in [4.69, 9.17) is 4.74 Å². The van der Waals surface area contributed by atoms with E-state index in [1.807, 2.05) is 0 Å². The number of sulfonamides is 1. The van der Waals surface area contributed by atoms with E-state index in [1.165, 1.54) is 36.4 Å². The zero-order valence-corrected chi connectivity index (χ0v) is 21.0. The number of ether oxygens (including phenoxy) is 1. The van der Waals surface area contributed by atoms with Gasteiger partial charge < -0.3 is 10.1 Å². The van der Waals surface area contributed by atoms with Gasteiger partial charge >= 0.3 is 5.97 Å². The number of halogens is 1. The number of esters is 1. The average molecular weight is 563 g/mol. The molecule has 2 aromatic rings. The van der Waals surface area contributed by atoms with Crippen molar-refractivity contribution in [2.45, 2.75) is 24.3 Å². The highest BCUT2D eigenvalue weighted by Gasteiger charge is 2.27. The van der Waals surface area contributed by atoms with Gasteiger partial charge in [0, 0.05) is 10.2 Å². The van der Waals surface area contributed by atoms with Crippen LogP contribution in [-0.2, 0) is 45.1 Å². The van der Waals surface area contributed by atoms with Crippen molar-refractivity contribution in [1.82, 2.24) is 4.72 Å². The zero-order chi connectivity index (χ0) is 24.6. The highest BCUT2D eigenvalue weighted by atomic mass is 79.9. The van der Waals surface area contributed by atoms with E-state index in [0.29, 0.717) is 15.7 Å². The summed E-state index contributed by atoms with van der Waals surface area (Å²) in [6, 6.07) is 10.3. The summed E-state index contributed by atoms with van der Waals surface area (Å²) >= 11 is 3.20. The Balaban J connectivity index is 2.16. The second-order valence-electron chi connectivity index (χ2n) is 6.78. The largest absolute Gasteiger partial charge is 0.466 e. The van der Waals surface area contributed by atoms with E-state index < -0.39 is 44.7 Å². The topological polar surface area (TPSA) is 145 Å². The van der Waals surface area contributed by atoms with Gasteiger partial charge in [-0.05, 0) is 48.9 Å². The first-order valence-corrected chi connectivity index (χ1v) is 13.7. The Morgan fingerprint density at radius 3 is 2.15 bits per heavy atom. The fourth-order valence-corrected chi connectivity index (χ4v) is 4.37. The molecule has 2 N–H and O–H groups in total. The predicted octanol–water partition coefficient (Wildman–Crippen LogP) is 1.82. The number of hydrogen-bond donors (Lipinski definition) is 2. The van der Waals surface area contributed by atoms with Crippen molar-refractivity contribution in [1.29, 1.82) is 0 Å². The number of amides is 1. The third-order valence-corrected chi connectivity index (χ3v) is 6.64. The Morgan fingerprint density at radius 1 is 1.00 bits per heavy atom. The molecule has 1 unspecified atom stereocenters. The number of carbonyl (C=O) groups excluding carboxylic acids is 2. The molecule has 0 spiro atoms. The second kappa shape index (κ2) is 11.7. The van der Waals surface area contributed by atoms with Crippen LogP contribution in [0.5, 0.6) is 0 Å². The summed E-state index contributed by atoms with van der Waals surface area (Å²) in [5.41, 5.74) is 0.958. The Morgan fingerprint density at radius 2 is 1.61 bits per heavy atom. The summed E-state index contributed by atoms with van der Waals surface area (Å²) in [6.45, 7) is 1.22. The van der Waals surface area contributed by atoms with Gasteiger partial charge in [0.25, 0.3) is 10.1 Å². The lowest BCUT2D eigenvalue weighted by atomic mass is 10.1. The zero-order valence-electron chi connectivity index (χ0n) is 17.8. The maximum atomic E-state index is 12.7. The molecule has 0 heterocycles. The molecule has 0 bridgehead atoms. The van der Waals surface area contributed by atoms with Gasteiger partial charge in [-0.2, -0.15) is 13.1 Å². The molecule has 10 nitrogen and oxygen atoms in total. The molecule has 0 aliphatic heterocycles. The Hall–Kier alpha value is -2.32. The lowest BCUT2D eigenvalue weighted by Crippen LogP contribution is -2.47. The highest BCUT2D eigenvalue weighted by molar-refractivity contribution is 9.10. The summed E-state index contributed by atoms with van der Waals surface area (Å²) < 4.78 is 60.5. The molecule has 2 aromatic carbocycles. The molecule has 1 amide bonds. The molecule has 0 radical (unpaired) electrons. The molecule has 33 heavy (non-hydrogen) atoms. The molecule has 2 rings (SSSR count). The Kier molecular flexibility index (Phi) is 9.55. The Bertz CT molecular complexity index is 1180. The SMILES string of the molecule is CCOC(=O)Cc1ccc(NC(=O)C(COS(C)(=O)=O)NS(=O)(=O)c2ccc(Br)cc2)cc1. The molecule has 180 valence electrons. The number of benzene rings is 2. The van der Waals surface area contributed by atoms with Gasteiger partial charge in [-0.15, -0.1) is 0 Å². The first-order chi connectivity index (χ1) is 15.4. The summed E-state index contributed by atoms with van der Waals surface area (Å²) in [5, 5.41) is 2.50. The van der Waals surface area contributed by atoms with Crippen LogP contribution < -0.4 is 10.0 Å². The van der Waals surface area contributed by atoms with Crippen molar-refractivity contribution in [2.24, 2.45) is 0 Å². The lowest BCUT2D eigenvalue weighted by molar-refractivity contribution is -0.142. The molecule has 13 heteroatoms. The predicted molar refractivity (Wildman–Crippen MR) is 124 cm³/mol. The fourth-order valence-electron chi connectivity index (χ4n) is 2.54. The number of rotatable bonds is 11. The van der Waals surface area contributed by atoms with Crippen LogP contribution in [0, 0.1) is 0 Å². The van der Waals surface area contributed by atoms with Crippen molar-refractivity contribution in [2.75, 3.05) is 24.8 Å². The summed E-state index contributed by atoms with van der Waals surface area (Å²) in [6.07, 6.45) is 0.841. The van der Waals surface area contributed by atoms with Gasteiger partial charge in [-0.3, -0.25) is 13.8 Å². The minimum Gasteiger partial charge on any atom is -0.466 e. The van der Waals surface area contributed by atoms with E-state index in [9.17, 15) is 26.4 Å². The van der Waals surface area contributed by atoms with E-state index in [0.717, 1.165) is 6.26 Å². The maximum absolute atomic E-state index is 12.7. The molecule has 0 fully saturated rings. The maximum Gasteiger partial charge on any atom is 0.310 e. The van der Waals surface area contributed by atoms with Crippen LogP contribution in [0.2, 0.25) is 0 Å². The van der Waals surface area contributed by atoms with Crippen LogP contribution in [0.4, 0.5) is 5.69 Å². The molecule has 1 atom stereocenters. The van der Waals surface area contributed by atoms with Gasteiger partial charge in [0.05, 0.1) is 30.8 Å². The van der Waals surface area contributed by atoms with E-state index in [2.05, 4.69) is 30.2 Å². The van der Waals surface area contributed by atoms with Gasteiger partial charge in [0.1, 0.15) is 6.04 Å². The number of carbonyl (C=O) groups is 2. The van der Waals surface area contributed by atoms with Crippen LogP contribution in [0.1, 0.15) is 12.5 Å². The van der Waals surface area contributed by atoms with Crippen molar-refractivity contribution in [3.63, 3.8) is 0 Å². The molecule has 0 saturated heterocycles. The first-order valence-electron chi connectivity index (χ1n) is 9.57.